The second-order valence-corrected chi connectivity index (χ2v) is 2.17. The van der Waals surface area contributed by atoms with Gasteiger partial charge in [0.25, 0.3) is 0 Å². The third kappa shape index (κ3) is 3.05. The van der Waals surface area contributed by atoms with Crippen LogP contribution in [0.1, 0.15) is 0 Å². The maximum Gasteiger partial charge on any atom is 0.103 e. The molecular weight excluding hydrogens is 225 g/mol. The molecule has 62 valence electrons. The summed E-state index contributed by atoms with van der Waals surface area (Å²) in [5.41, 5.74) is 0. The average molecular weight is 235 g/mol. The van der Waals surface area contributed by atoms with Crippen LogP contribution in [0.4, 0.5) is 0 Å². The molecule has 2 unspecified atom stereocenters. The molecule has 1 fully saturated rings. The zero-order valence-electron chi connectivity index (χ0n) is 5.92. The topological polar surface area (TPSA) is 69.9 Å². The van der Waals surface area contributed by atoms with Crippen LogP contribution in [-0.4, -0.2) is 40.2 Å². The van der Waals surface area contributed by atoms with E-state index >= 15 is 0 Å². The van der Waals surface area contributed by atoms with Crippen molar-refractivity contribution in [2.75, 3.05) is 6.61 Å². The molecule has 3 atom stereocenters. The molecule has 0 bridgehead atoms. The van der Waals surface area contributed by atoms with Crippen molar-refractivity contribution in [3.8, 4) is 0 Å². The fourth-order valence-corrected chi connectivity index (χ4v) is 0.792. The minimum Gasteiger partial charge on any atom is -0.422 e. The minimum absolute atomic E-state index is 0. The number of ether oxygens (including phenoxy) is 1. The Morgan fingerprint density at radius 1 is 1.45 bits per heavy atom. The van der Waals surface area contributed by atoms with Crippen molar-refractivity contribution in [2.24, 2.45) is 0 Å². The van der Waals surface area contributed by atoms with E-state index in [9.17, 15) is 0 Å². The number of aliphatic hydroxyl groups is 3. The fourth-order valence-electron chi connectivity index (χ4n) is 0.792. The Labute approximate surface area is 90.4 Å². The quantitative estimate of drug-likeness (QED) is 0.482. The average Bonchev–Trinajstić information content (AvgIpc) is 1.95. The SMILES string of the molecule is OCC1O[CH][CH-]C(O)[C@H]1O.[Y]. The van der Waals surface area contributed by atoms with E-state index in [1.807, 2.05) is 0 Å². The molecule has 0 amide bonds. The zero-order chi connectivity index (χ0) is 7.56. The van der Waals surface area contributed by atoms with Crippen molar-refractivity contribution in [1.29, 1.82) is 0 Å². The van der Waals surface area contributed by atoms with Gasteiger partial charge in [-0.2, -0.15) is 0 Å². The Balaban J connectivity index is 0.000001000. The first-order valence-corrected chi connectivity index (χ1v) is 3.05. The van der Waals surface area contributed by atoms with Crippen LogP contribution in [0.15, 0.2) is 0 Å². The summed E-state index contributed by atoms with van der Waals surface area (Å²) in [5, 5.41) is 26.6. The number of hydrogen-bond acceptors (Lipinski definition) is 4. The number of aliphatic hydroxyl groups excluding tert-OH is 3. The van der Waals surface area contributed by atoms with E-state index in [2.05, 4.69) is 0 Å². The Bertz CT molecular complexity index is 111. The maximum absolute atomic E-state index is 9.05. The molecule has 5 heteroatoms. The first kappa shape index (κ1) is 11.9. The summed E-state index contributed by atoms with van der Waals surface area (Å²) in [5.74, 6) is 0. The summed E-state index contributed by atoms with van der Waals surface area (Å²) in [7, 11) is 0. The zero-order valence-corrected chi connectivity index (χ0v) is 8.76. The number of rotatable bonds is 1. The van der Waals surface area contributed by atoms with Crippen LogP contribution in [0, 0.1) is 13.0 Å². The second kappa shape index (κ2) is 5.57. The molecule has 3 N–H and O–H groups in total. The van der Waals surface area contributed by atoms with Gasteiger partial charge in [-0.15, -0.1) is 0 Å². The van der Waals surface area contributed by atoms with Gasteiger partial charge in [0.15, 0.2) is 0 Å². The normalized spacial score (nSPS) is 37.9. The molecule has 1 aliphatic heterocycles. The van der Waals surface area contributed by atoms with Gasteiger partial charge in [0, 0.05) is 32.7 Å². The van der Waals surface area contributed by atoms with E-state index < -0.39 is 18.3 Å². The van der Waals surface area contributed by atoms with Crippen LogP contribution in [0.25, 0.3) is 0 Å². The van der Waals surface area contributed by atoms with E-state index in [-0.39, 0.29) is 39.3 Å². The van der Waals surface area contributed by atoms with Gasteiger partial charge in [0.2, 0.25) is 0 Å². The van der Waals surface area contributed by atoms with Crippen molar-refractivity contribution in [3.05, 3.63) is 13.0 Å². The van der Waals surface area contributed by atoms with Gasteiger partial charge >= 0.3 is 0 Å². The maximum atomic E-state index is 9.05. The summed E-state index contributed by atoms with van der Waals surface area (Å²) >= 11 is 0. The predicted octanol–water partition coefficient (Wildman–Crippen LogP) is -1.54. The smallest absolute Gasteiger partial charge is 0.103 e. The first-order valence-electron chi connectivity index (χ1n) is 3.05. The van der Waals surface area contributed by atoms with E-state index in [0.717, 1.165) is 0 Å². The summed E-state index contributed by atoms with van der Waals surface area (Å²) in [6.07, 6.45) is -1.31. The van der Waals surface area contributed by atoms with Gasteiger partial charge in [-0.05, 0) is 6.10 Å². The Morgan fingerprint density at radius 2 is 2.09 bits per heavy atom. The van der Waals surface area contributed by atoms with Gasteiger partial charge < -0.3 is 20.1 Å². The van der Waals surface area contributed by atoms with Gasteiger partial charge in [-0.25, -0.2) is 0 Å². The van der Waals surface area contributed by atoms with Crippen LogP contribution in [0.2, 0.25) is 0 Å². The molecule has 0 spiro atoms. The fraction of sp³-hybridized carbons (Fsp3) is 0.667. The van der Waals surface area contributed by atoms with Gasteiger partial charge in [-0.3, -0.25) is 6.42 Å². The minimum atomic E-state index is -1.02. The molecule has 1 heterocycles. The van der Waals surface area contributed by atoms with Crippen molar-refractivity contribution in [2.45, 2.75) is 18.3 Å². The van der Waals surface area contributed by atoms with Crippen LogP contribution in [-0.2, 0) is 37.4 Å². The van der Waals surface area contributed by atoms with Crippen molar-refractivity contribution < 1.29 is 52.8 Å². The summed E-state index contributed by atoms with van der Waals surface area (Å²) in [6.45, 7) is 0.987. The van der Waals surface area contributed by atoms with Crippen LogP contribution >= 0.6 is 0 Å². The molecular formula is C6H10O4Y-. The molecule has 0 saturated carbocycles. The molecule has 0 aromatic carbocycles. The monoisotopic (exact) mass is 235 g/mol. The van der Waals surface area contributed by atoms with E-state index in [4.69, 9.17) is 20.1 Å². The van der Waals surface area contributed by atoms with Gasteiger partial charge in [0.1, 0.15) is 6.10 Å². The molecule has 4 nitrogen and oxygen atoms in total. The molecule has 11 heavy (non-hydrogen) atoms. The molecule has 1 aliphatic rings. The third-order valence-corrected chi connectivity index (χ3v) is 1.44. The largest absolute Gasteiger partial charge is 0.422 e. The third-order valence-electron chi connectivity index (χ3n) is 1.44. The summed E-state index contributed by atoms with van der Waals surface area (Å²) < 4.78 is 4.77. The second-order valence-electron chi connectivity index (χ2n) is 2.17. The van der Waals surface area contributed by atoms with Gasteiger partial charge in [0.05, 0.1) is 12.7 Å². The Hall–Kier alpha value is 0.944. The Morgan fingerprint density at radius 3 is 2.55 bits per heavy atom. The van der Waals surface area contributed by atoms with Crippen LogP contribution in [0.3, 0.4) is 0 Å². The molecule has 0 aromatic rings. The van der Waals surface area contributed by atoms with Crippen LogP contribution < -0.4 is 0 Å². The Kier molecular flexibility index (Phi) is 6.04. The van der Waals surface area contributed by atoms with Gasteiger partial charge in [-0.1, -0.05) is 6.61 Å². The van der Waals surface area contributed by atoms with Crippen molar-refractivity contribution >= 4 is 0 Å². The van der Waals surface area contributed by atoms with E-state index in [1.54, 1.807) is 0 Å². The molecule has 1 rings (SSSR count). The molecule has 0 aliphatic carbocycles. The number of hydrogen-bond donors (Lipinski definition) is 3. The van der Waals surface area contributed by atoms with E-state index in [1.165, 1.54) is 13.0 Å². The molecule has 0 aromatic heterocycles. The molecule has 2 radical (unpaired) electrons. The summed E-state index contributed by atoms with van der Waals surface area (Å²) in [4.78, 5) is 0. The van der Waals surface area contributed by atoms with Crippen molar-refractivity contribution in [1.82, 2.24) is 0 Å². The van der Waals surface area contributed by atoms with Crippen LogP contribution in [0.5, 0.6) is 0 Å². The van der Waals surface area contributed by atoms with Crippen molar-refractivity contribution in [3.63, 3.8) is 0 Å². The predicted molar refractivity (Wildman–Crippen MR) is 32.6 cm³/mol. The van der Waals surface area contributed by atoms with E-state index in [0.29, 0.717) is 0 Å². The molecule has 1 saturated heterocycles. The first-order chi connectivity index (χ1) is 4.75. The summed E-state index contributed by atoms with van der Waals surface area (Å²) in [6, 6.07) is 0. The standard InChI is InChI=1S/C6H10O4.Y/c7-3-5-6(9)4(8)1-2-10-5;/h1-2,4-9H,3H2;/q-1;/t4?,5?,6-;/m1./s1.